The molecule has 9 heteroatoms. The predicted octanol–water partition coefficient (Wildman–Crippen LogP) is 3.34. The fourth-order valence-electron chi connectivity index (χ4n) is 3.35. The molecule has 2 saturated heterocycles. The molecule has 1 amide bonds. The van der Waals surface area contributed by atoms with Crippen LogP contribution in [0, 0.1) is 0 Å². The maximum Gasteiger partial charge on any atom is 0.416 e. The molecule has 1 aromatic carbocycles. The van der Waals surface area contributed by atoms with Crippen LogP contribution in [0.5, 0.6) is 0 Å². The lowest BCUT2D eigenvalue weighted by molar-refractivity contribution is -0.137. The number of amides is 1. The number of benzene rings is 1. The summed E-state index contributed by atoms with van der Waals surface area (Å²) in [6, 6.07) is 5.29. The van der Waals surface area contributed by atoms with E-state index >= 15 is 0 Å². The van der Waals surface area contributed by atoms with E-state index < -0.39 is 11.7 Å². The molecule has 4 nitrogen and oxygen atoms in total. The van der Waals surface area contributed by atoms with Gasteiger partial charge in [-0.1, -0.05) is 12.5 Å². The van der Waals surface area contributed by atoms with Gasteiger partial charge in [0.25, 0.3) is 0 Å². The van der Waals surface area contributed by atoms with Crippen LogP contribution in [0.25, 0.3) is 0 Å². The molecule has 1 aromatic rings. The Balaban J connectivity index is 0.00000169. The van der Waals surface area contributed by atoms with Gasteiger partial charge in [0.2, 0.25) is 5.91 Å². The van der Waals surface area contributed by atoms with Gasteiger partial charge in [0.05, 0.1) is 11.6 Å². The highest BCUT2D eigenvalue weighted by Crippen LogP contribution is 2.31. The number of alkyl halides is 3. The van der Waals surface area contributed by atoms with Crippen LogP contribution in [0.1, 0.15) is 24.8 Å². The molecule has 1 N–H and O–H groups in total. The van der Waals surface area contributed by atoms with Crippen molar-refractivity contribution in [3.05, 3.63) is 29.8 Å². The number of nitrogens with one attached hydrogen (secondary N) is 1. The van der Waals surface area contributed by atoms with Crippen molar-refractivity contribution >= 4 is 36.4 Å². The Kier molecular flexibility index (Phi) is 8.50. The number of carbonyl (C=O) groups is 1. The van der Waals surface area contributed by atoms with Crippen LogP contribution in [-0.2, 0) is 11.0 Å². The number of piperidine rings is 1. The van der Waals surface area contributed by atoms with Gasteiger partial charge in [-0.2, -0.15) is 13.2 Å². The lowest BCUT2D eigenvalue weighted by Gasteiger charge is -2.38. The van der Waals surface area contributed by atoms with Crippen LogP contribution in [0.4, 0.5) is 18.9 Å². The maximum atomic E-state index is 12.8. The van der Waals surface area contributed by atoms with Crippen LogP contribution in [0.3, 0.4) is 0 Å². The quantitative estimate of drug-likeness (QED) is 0.807. The molecule has 3 rings (SSSR count). The van der Waals surface area contributed by atoms with Gasteiger partial charge in [-0.15, -0.1) is 24.8 Å². The Hall–Kier alpha value is -1.18. The average molecular weight is 414 g/mol. The molecule has 0 aliphatic carbocycles. The zero-order valence-electron chi connectivity index (χ0n) is 14.3. The summed E-state index contributed by atoms with van der Waals surface area (Å²) in [6.07, 6.45) is -1.30. The minimum Gasteiger partial charge on any atom is -0.368 e. The molecule has 2 heterocycles. The molecule has 2 aliphatic rings. The summed E-state index contributed by atoms with van der Waals surface area (Å²) in [7, 11) is 0. The minimum absolute atomic E-state index is 0. The monoisotopic (exact) mass is 413 g/mol. The molecule has 0 aromatic heterocycles. The first-order chi connectivity index (χ1) is 11.4. The standard InChI is InChI=1S/C17H22F3N3O.2ClH/c18-17(19,20)13-4-3-5-14(12-13)22-8-10-23(11-9-22)16(24)15-6-1-2-7-21-15;;/h3-5,12,15,21H,1-2,6-11H2;2*1H/t15-;;/m1../s1. The van der Waals surface area contributed by atoms with Crippen molar-refractivity contribution in [3.63, 3.8) is 0 Å². The van der Waals surface area contributed by atoms with Gasteiger partial charge in [0.1, 0.15) is 0 Å². The number of piperazine rings is 1. The van der Waals surface area contributed by atoms with Crippen molar-refractivity contribution in [2.24, 2.45) is 0 Å². The maximum absolute atomic E-state index is 12.8. The zero-order chi connectivity index (χ0) is 17.2. The third-order valence-corrected chi connectivity index (χ3v) is 4.74. The lowest BCUT2D eigenvalue weighted by atomic mass is 10.0. The number of hydrogen-bond acceptors (Lipinski definition) is 3. The molecule has 2 fully saturated rings. The highest BCUT2D eigenvalue weighted by atomic mass is 35.5. The van der Waals surface area contributed by atoms with Crippen LogP contribution >= 0.6 is 24.8 Å². The fourth-order valence-corrected chi connectivity index (χ4v) is 3.35. The van der Waals surface area contributed by atoms with E-state index in [4.69, 9.17) is 0 Å². The second-order valence-electron chi connectivity index (χ2n) is 6.36. The molecular weight excluding hydrogens is 390 g/mol. The SMILES string of the molecule is Cl.Cl.O=C([C@H]1CCCCN1)N1CCN(c2cccc(C(F)(F)F)c2)CC1. The molecule has 0 radical (unpaired) electrons. The first-order valence-corrected chi connectivity index (χ1v) is 8.39. The van der Waals surface area contributed by atoms with Crippen molar-refractivity contribution in [1.82, 2.24) is 10.2 Å². The fraction of sp³-hybridized carbons (Fsp3) is 0.588. The van der Waals surface area contributed by atoms with Gasteiger partial charge in [-0.3, -0.25) is 4.79 Å². The Morgan fingerprint density at radius 1 is 1.08 bits per heavy atom. The minimum atomic E-state index is -4.33. The first kappa shape index (κ1) is 22.9. The van der Waals surface area contributed by atoms with Crippen LogP contribution in [0.15, 0.2) is 24.3 Å². The van der Waals surface area contributed by atoms with Gasteiger partial charge in [0, 0.05) is 31.9 Å². The lowest BCUT2D eigenvalue weighted by Crippen LogP contribution is -2.55. The highest BCUT2D eigenvalue weighted by molar-refractivity contribution is 5.85. The van der Waals surface area contributed by atoms with Crippen molar-refractivity contribution in [1.29, 1.82) is 0 Å². The number of anilines is 1. The van der Waals surface area contributed by atoms with Crippen LogP contribution in [0.2, 0.25) is 0 Å². The first-order valence-electron chi connectivity index (χ1n) is 8.39. The van der Waals surface area contributed by atoms with Gasteiger partial charge in [-0.05, 0) is 37.6 Å². The summed E-state index contributed by atoms with van der Waals surface area (Å²) in [5.41, 5.74) is -0.0716. The summed E-state index contributed by atoms with van der Waals surface area (Å²) in [5, 5.41) is 3.25. The largest absolute Gasteiger partial charge is 0.416 e. The Labute approximate surface area is 163 Å². The third-order valence-electron chi connectivity index (χ3n) is 4.74. The summed E-state index contributed by atoms with van der Waals surface area (Å²) in [4.78, 5) is 16.2. The van der Waals surface area contributed by atoms with E-state index in [1.807, 2.05) is 9.80 Å². The van der Waals surface area contributed by atoms with Crippen LogP contribution in [-0.4, -0.2) is 49.6 Å². The number of hydrogen-bond donors (Lipinski definition) is 1. The van der Waals surface area contributed by atoms with E-state index in [0.717, 1.165) is 31.9 Å². The van der Waals surface area contributed by atoms with Crippen molar-refractivity contribution in [2.75, 3.05) is 37.6 Å². The highest BCUT2D eigenvalue weighted by Gasteiger charge is 2.32. The van der Waals surface area contributed by atoms with Gasteiger partial charge >= 0.3 is 6.18 Å². The molecular formula is C17H24Cl2F3N3O. The Bertz CT molecular complexity index is 587. The smallest absolute Gasteiger partial charge is 0.368 e. The van der Waals surface area contributed by atoms with Crippen LogP contribution < -0.4 is 10.2 Å². The van der Waals surface area contributed by atoms with Gasteiger partial charge in [-0.25, -0.2) is 0 Å². The molecule has 1 atom stereocenters. The van der Waals surface area contributed by atoms with E-state index in [9.17, 15) is 18.0 Å². The Morgan fingerprint density at radius 3 is 2.35 bits per heavy atom. The van der Waals surface area contributed by atoms with Gasteiger partial charge in [0.15, 0.2) is 0 Å². The van der Waals surface area contributed by atoms with Gasteiger partial charge < -0.3 is 15.1 Å². The van der Waals surface area contributed by atoms with Crippen molar-refractivity contribution in [2.45, 2.75) is 31.5 Å². The number of rotatable bonds is 2. The number of halogens is 5. The van der Waals surface area contributed by atoms with E-state index in [1.54, 1.807) is 6.07 Å². The molecule has 0 unspecified atom stereocenters. The molecule has 0 saturated carbocycles. The Morgan fingerprint density at radius 2 is 1.77 bits per heavy atom. The average Bonchev–Trinajstić information content (AvgIpc) is 2.61. The topological polar surface area (TPSA) is 35.6 Å². The van der Waals surface area contributed by atoms with E-state index in [-0.39, 0.29) is 36.8 Å². The number of carbonyl (C=O) groups excluding carboxylic acids is 1. The summed E-state index contributed by atoms with van der Waals surface area (Å²) < 4.78 is 38.5. The normalized spacial score (nSPS) is 20.8. The molecule has 0 bridgehead atoms. The van der Waals surface area contributed by atoms with Crippen molar-refractivity contribution < 1.29 is 18.0 Å². The van der Waals surface area contributed by atoms with E-state index in [1.165, 1.54) is 12.1 Å². The molecule has 0 spiro atoms. The summed E-state index contributed by atoms with van der Waals surface area (Å²) in [6.45, 7) is 3.08. The summed E-state index contributed by atoms with van der Waals surface area (Å²) in [5.74, 6) is 0.124. The molecule has 2 aliphatic heterocycles. The zero-order valence-corrected chi connectivity index (χ0v) is 15.9. The summed E-state index contributed by atoms with van der Waals surface area (Å²) >= 11 is 0. The van der Waals surface area contributed by atoms with E-state index in [2.05, 4.69) is 5.32 Å². The van der Waals surface area contributed by atoms with E-state index in [0.29, 0.717) is 31.9 Å². The van der Waals surface area contributed by atoms with Crippen molar-refractivity contribution in [3.8, 4) is 0 Å². The third kappa shape index (κ3) is 5.41. The molecule has 26 heavy (non-hydrogen) atoms. The predicted molar refractivity (Wildman–Crippen MR) is 100 cm³/mol. The molecule has 148 valence electrons. The second kappa shape index (κ2) is 9.67. The number of nitrogens with zero attached hydrogens (tertiary/aromatic N) is 2. The second-order valence-corrected chi connectivity index (χ2v) is 6.36.